The summed E-state index contributed by atoms with van der Waals surface area (Å²) in [4.78, 5) is 26.1. The van der Waals surface area contributed by atoms with Crippen LogP contribution in [-0.2, 0) is 19.1 Å². The number of rotatable bonds is 90. The van der Waals surface area contributed by atoms with Crippen molar-refractivity contribution >= 4 is 11.8 Å². The van der Waals surface area contributed by atoms with Crippen molar-refractivity contribution < 1.29 is 80.3 Å². The molecule has 126 heavy (non-hydrogen) atoms. The fourth-order valence-electron chi connectivity index (χ4n) is 17.9. The number of hydrogen-bond acceptors (Lipinski definition) is 16. The first-order chi connectivity index (χ1) is 61.5. The molecule has 744 valence electrons. The SMILES string of the molecule is CCCCCCCCCCCCCCCCCC/C=C/CCCCCCCCC(=O)N[C@@H](/C=C/[C@H]1OC(CO)[C@H](O)[C@H](O)C1O)[C@H](O)[C@H](O)CCCCCCCCCCCCCC.CCCCCCCCCCCCCCCCCC/C=C\CCCCCCCCC(=O)N[C@@H](/C=C/[C@H]1OC(CO)[C@H](O)[C@H](O)C1O)[C@H](O)[C@H](O)CCCCCCCCCCCCCC. The second-order valence-electron chi connectivity index (χ2n) is 38.5. The van der Waals surface area contributed by atoms with Gasteiger partial charge in [-0.15, -0.1) is 0 Å². The number of aliphatic hydroxyl groups excluding tert-OH is 12. The maximum atomic E-state index is 13.1. The zero-order valence-corrected chi connectivity index (χ0v) is 82.0. The van der Waals surface area contributed by atoms with Crippen LogP contribution >= 0.6 is 0 Å². The Bertz CT molecular complexity index is 2270. The predicted octanol–water partition coefficient (Wildman–Crippen LogP) is 24.0. The molecule has 4 unspecified atom stereocenters. The highest BCUT2D eigenvalue weighted by atomic mass is 16.6. The maximum absolute atomic E-state index is 13.1. The van der Waals surface area contributed by atoms with Crippen LogP contribution in [0.5, 0.6) is 0 Å². The molecule has 2 heterocycles. The molecule has 2 aliphatic heterocycles. The summed E-state index contributed by atoms with van der Waals surface area (Å²) < 4.78 is 11.2. The zero-order valence-electron chi connectivity index (χ0n) is 82.0. The molecule has 2 saturated heterocycles. The largest absolute Gasteiger partial charge is 0.394 e. The van der Waals surface area contributed by atoms with Crippen LogP contribution < -0.4 is 10.6 Å². The van der Waals surface area contributed by atoms with Crippen molar-refractivity contribution in [2.24, 2.45) is 0 Å². The van der Waals surface area contributed by atoms with Crippen LogP contribution in [0.1, 0.15) is 516 Å². The molecule has 18 nitrogen and oxygen atoms in total. The molecule has 2 fully saturated rings. The summed E-state index contributed by atoms with van der Waals surface area (Å²) in [6.45, 7) is 7.96. The van der Waals surface area contributed by atoms with Crippen molar-refractivity contribution in [3.8, 4) is 0 Å². The van der Waals surface area contributed by atoms with Gasteiger partial charge in [0.1, 0.15) is 73.2 Å². The number of ether oxygens (including phenoxy) is 2. The van der Waals surface area contributed by atoms with Crippen LogP contribution in [0.15, 0.2) is 48.6 Å². The number of carbonyl (C=O) groups is 2. The number of aliphatic hydroxyl groups is 12. The Kier molecular flexibility index (Phi) is 86.8. The molecule has 0 radical (unpaired) electrons. The second kappa shape index (κ2) is 90.2. The number of allylic oxidation sites excluding steroid dienone is 4. The van der Waals surface area contributed by atoms with E-state index >= 15 is 0 Å². The first kappa shape index (κ1) is 121. The van der Waals surface area contributed by atoms with Gasteiger partial charge in [-0.3, -0.25) is 9.59 Å². The maximum Gasteiger partial charge on any atom is 0.220 e. The van der Waals surface area contributed by atoms with E-state index in [0.29, 0.717) is 25.7 Å². The summed E-state index contributed by atoms with van der Waals surface area (Å²) in [5, 5.41) is 131. The number of amides is 2. The molecule has 18 heteroatoms. The molecule has 2 amide bonds. The van der Waals surface area contributed by atoms with E-state index in [1.165, 1.54) is 384 Å². The molecular weight excluding hydrogens is 1580 g/mol. The van der Waals surface area contributed by atoms with E-state index in [1.807, 2.05) is 0 Å². The summed E-state index contributed by atoms with van der Waals surface area (Å²) >= 11 is 0. The Hall–Kier alpha value is -2.66. The van der Waals surface area contributed by atoms with E-state index in [-0.39, 0.29) is 11.8 Å². The summed E-state index contributed by atoms with van der Waals surface area (Å²) in [6.07, 6.45) is 89.6. The Morgan fingerprint density at radius 2 is 0.452 bits per heavy atom. The monoisotopic (exact) mass is 1790 g/mol. The molecular formula is C108H206N2O16. The average molecular weight is 1790 g/mol. The van der Waals surface area contributed by atoms with Gasteiger partial charge in [-0.25, -0.2) is 0 Å². The third-order valence-electron chi connectivity index (χ3n) is 26.6. The van der Waals surface area contributed by atoms with E-state index in [2.05, 4.69) is 62.6 Å². The van der Waals surface area contributed by atoms with E-state index < -0.39 is 111 Å². The fourth-order valence-corrected chi connectivity index (χ4v) is 17.9. The number of carbonyl (C=O) groups excluding carboxylic acids is 2. The Labute approximate surface area is 773 Å². The van der Waals surface area contributed by atoms with Gasteiger partial charge in [0.2, 0.25) is 11.8 Å². The minimum absolute atomic E-state index is 0.232. The molecule has 0 aromatic rings. The first-order valence-corrected chi connectivity index (χ1v) is 54.1. The topological polar surface area (TPSA) is 319 Å². The number of nitrogens with one attached hydrogen (secondary N) is 2. The third-order valence-corrected chi connectivity index (χ3v) is 26.6. The van der Waals surface area contributed by atoms with E-state index in [4.69, 9.17) is 9.47 Å². The lowest BCUT2D eigenvalue weighted by Gasteiger charge is -2.39. The molecule has 0 bridgehead atoms. The zero-order chi connectivity index (χ0) is 92.0. The summed E-state index contributed by atoms with van der Waals surface area (Å²) in [5.41, 5.74) is 0. The Morgan fingerprint density at radius 3 is 0.659 bits per heavy atom. The normalized spacial score (nSPS) is 20.8. The van der Waals surface area contributed by atoms with Crippen LogP contribution in [-0.4, -0.2) is 184 Å². The van der Waals surface area contributed by atoms with Crippen molar-refractivity contribution in [2.75, 3.05) is 13.2 Å². The van der Waals surface area contributed by atoms with E-state index in [1.54, 1.807) is 0 Å². The van der Waals surface area contributed by atoms with Crippen LogP contribution in [0, 0.1) is 0 Å². The van der Waals surface area contributed by atoms with Gasteiger partial charge >= 0.3 is 0 Å². The average Bonchev–Trinajstić information content (AvgIpc) is 0.821. The van der Waals surface area contributed by atoms with Crippen molar-refractivity contribution in [1.82, 2.24) is 10.6 Å². The van der Waals surface area contributed by atoms with E-state index in [9.17, 15) is 70.9 Å². The minimum Gasteiger partial charge on any atom is -0.394 e. The summed E-state index contributed by atoms with van der Waals surface area (Å²) in [5.74, 6) is -0.464. The summed E-state index contributed by atoms with van der Waals surface area (Å²) in [6, 6.07) is -1.90. The van der Waals surface area contributed by atoms with Crippen LogP contribution in [0.25, 0.3) is 0 Å². The van der Waals surface area contributed by atoms with Gasteiger partial charge in [-0.1, -0.05) is 474 Å². The summed E-state index contributed by atoms with van der Waals surface area (Å²) in [7, 11) is 0. The smallest absolute Gasteiger partial charge is 0.220 e. The molecule has 0 aliphatic carbocycles. The third kappa shape index (κ3) is 69.2. The Balaban J connectivity index is 0.00000126. The molecule has 0 aromatic heterocycles. The lowest BCUT2D eigenvalue weighted by atomic mass is 9.93. The van der Waals surface area contributed by atoms with E-state index in [0.717, 1.165) is 103 Å². The molecule has 14 N–H and O–H groups in total. The van der Waals surface area contributed by atoms with Gasteiger partial charge < -0.3 is 81.4 Å². The molecule has 16 atom stereocenters. The van der Waals surface area contributed by atoms with Crippen molar-refractivity contribution in [3.63, 3.8) is 0 Å². The minimum atomic E-state index is -1.53. The van der Waals surface area contributed by atoms with Gasteiger partial charge in [0.25, 0.3) is 0 Å². The lowest BCUT2D eigenvalue weighted by molar-refractivity contribution is -0.216. The number of unbranched alkanes of at least 4 members (excludes halogenated alkanes) is 66. The molecule has 2 aliphatic rings. The van der Waals surface area contributed by atoms with Crippen LogP contribution in [0.2, 0.25) is 0 Å². The van der Waals surface area contributed by atoms with Crippen LogP contribution in [0.3, 0.4) is 0 Å². The van der Waals surface area contributed by atoms with Gasteiger partial charge in [0.15, 0.2) is 0 Å². The number of hydrogen-bond donors (Lipinski definition) is 14. The van der Waals surface area contributed by atoms with Crippen molar-refractivity contribution in [1.29, 1.82) is 0 Å². The molecule has 0 saturated carbocycles. The standard InChI is InChI=1S/2C54H103NO8/c2*1-3-5-7-9-11-13-15-17-18-19-20-21-22-23-24-25-26-27-28-29-30-32-34-36-38-40-42-50(58)55-46(43-44-48-52(60)54(62)53(61)49(45-56)63-48)51(59)47(57)41-39-37-35-33-31-16-14-12-10-8-6-4-2/h2*27-28,43-44,46-49,51-54,56-57,59-62H,3-26,29-42,45H2,1-2H3,(H,55,58)/b28-27+,44-43+;28-27-,44-43+/t2*46-,47+,48+,49?,51-,52?,53-,54+/m00/s1. The van der Waals surface area contributed by atoms with Gasteiger partial charge in [-0.2, -0.15) is 0 Å². The first-order valence-electron chi connectivity index (χ1n) is 54.1. The molecule has 2 rings (SSSR count). The van der Waals surface area contributed by atoms with Crippen molar-refractivity contribution in [3.05, 3.63) is 48.6 Å². The van der Waals surface area contributed by atoms with Gasteiger partial charge in [-0.05, 0) is 77.0 Å². The van der Waals surface area contributed by atoms with Gasteiger partial charge in [0.05, 0.1) is 37.5 Å². The van der Waals surface area contributed by atoms with Gasteiger partial charge in [0, 0.05) is 12.8 Å². The quantitative estimate of drug-likeness (QED) is 0.0199. The highest BCUT2D eigenvalue weighted by Gasteiger charge is 2.44. The second-order valence-corrected chi connectivity index (χ2v) is 38.5. The lowest BCUT2D eigenvalue weighted by Crippen LogP contribution is -2.58. The highest BCUT2D eigenvalue weighted by Crippen LogP contribution is 2.28. The van der Waals surface area contributed by atoms with Crippen LogP contribution in [0.4, 0.5) is 0 Å². The molecule has 0 spiro atoms. The molecule has 0 aromatic carbocycles. The van der Waals surface area contributed by atoms with Crippen molar-refractivity contribution in [2.45, 2.75) is 613 Å². The fraction of sp³-hybridized carbons (Fsp3) is 0.907. The predicted molar refractivity (Wildman–Crippen MR) is 526 cm³/mol. The Morgan fingerprint density at radius 1 is 0.262 bits per heavy atom. The highest BCUT2D eigenvalue weighted by molar-refractivity contribution is 5.77.